The van der Waals surface area contributed by atoms with E-state index in [1.165, 1.54) is 16.8 Å². The minimum Gasteiger partial charge on any atom is -0.500 e. The van der Waals surface area contributed by atoms with Gasteiger partial charge in [-0.05, 0) is 40.4 Å². The first-order valence-corrected chi connectivity index (χ1v) is 18.7. The summed E-state index contributed by atoms with van der Waals surface area (Å²) in [6.07, 6.45) is 4.83. The van der Waals surface area contributed by atoms with Gasteiger partial charge >= 0.3 is 0 Å². The predicted octanol–water partition coefficient (Wildman–Crippen LogP) is 10.5. The summed E-state index contributed by atoms with van der Waals surface area (Å²) in [7, 11) is -1.37. The fourth-order valence-electron chi connectivity index (χ4n) is 5.45. The minimum atomic E-state index is -1.37. The zero-order valence-corrected chi connectivity index (χ0v) is 31.0. The third-order valence-electron chi connectivity index (χ3n) is 7.55. The molecule has 0 amide bonds. The van der Waals surface area contributed by atoms with Gasteiger partial charge in [0.25, 0.3) is 0 Å². The molecule has 6 aromatic rings. The summed E-state index contributed by atoms with van der Waals surface area (Å²) in [5.74, 6) is -2.14. The van der Waals surface area contributed by atoms with Crippen LogP contribution in [0.3, 0.4) is 0 Å². The van der Waals surface area contributed by atoms with Crippen LogP contribution in [-0.2, 0) is 26.5 Å². The van der Waals surface area contributed by atoms with E-state index in [2.05, 4.69) is 75.9 Å². The van der Waals surface area contributed by atoms with Crippen LogP contribution >= 0.6 is 0 Å². The quantitative estimate of drug-likeness (QED) is 0.129. The van der Waals surface area contributed by atoms with Gasteiger partial charge in [0, 0.05) is 51.4 Å². The molecule has 0 saturated carbocycles. The Bertz CT molecular complexity index is 2010. The molecule has 241 valence electrons. The summed E-state index contributed by atoms with van der Waals surface area (Å²) in [6.45, 7) is 17.7. The molecule has 0 aliphatic heterocycles. The molecule has 0 bridgehead atoms. The number of aromatic nitrogens is 2. The number of hydrogen-bond acceptors (Lipinski definition) is 3. The molecule has 46 heavy (non-hydrogen) atoms. The average molecular weight is 812 g/mol. The smallest absolute Gasteiger partial charge is 0.136 e. The van der Waals surface area contributed by atoms with Crippen LogP contribution in [-0.4, -0.2) is 18.0 Å². The first-order valence-electron chi connectivity index (χ1n) is 15.7. The topological polar surface area (TPSA) is 38.9 Å². The second-order valence-corrected chi connectivity index (χ2v) is 18.9. The Morgan fingerprint density at radius 3 is 2.35 bits per heavy atom. The molecule has 6 rings (SSSR count). The average Bonchev–Trinajstić information content (AvgIpc) is 3.35. The summed E-state index contributed by atoms with van der Waals surface area (Å²) < 4.78 is 41.6. The monoisotopic (exact) mass is 812 g/mol. The zero-order valence-electron chi connectivity index (χ0n) is 28.6. The third kappa shape index (κ3) is 8.06. The van der Waals surface area contributed by atoms with E-state index in [1.54, 1.807) is 44.3 Å². The first kappa shape index (κ1) is 33.8. The van der Waals surface area contributed by atoms with Crippen molar-refractivity contribution in [3.8, 4) is 22.5 Å². The number of pyridine rings is 2. The molecule has 0 aliphatic rings. The number of halogens is 2. The Morgan fingerprint density at radius 1 is 0.935 bits per heavy atom. The van der Waals surface area contributed by atoms with E-state index in [9.17, 15) is 8.78 Å². The van der Waals surface area contributed by atoms with Crippen molar-refractivity contribution in [1.29, 1.82) is 0 Å². The Kier molecular flexibility index (Phi) is 10.4. The Balaban J connectivity index is 0.000000212. The molecule has 1 radical (unpaired) electrons. The fourth-order valence-corrected chi connectivity index (χ4v) is 7.02. The van der Waals surface area contributed by atoms with Crippen LogP contribution in [0, 0.1) is 29.2 Å². The Labute approximate surface area is 287 Å². The van der Waals surface area contributed by atoms with E-state index in [-0.39, 0.29) is 36.5 Å². The number of rotatable bonds is 5. The maximum atomic E-state index is 14.2. The molecular weight excluding hydrogens is 771 g/mol. The van der Waals surface area contributed by atoms with Crippen molar-refractivity contribution in [1.82, 2.24) is 9.97 Å². The van der Waals surface area contributed by atoms with Crippen molar-refractivity contribution in [2.45, 2.75) is 66.6 Å². The van der Waals surface area contributed by atoms with Crippen LogP contribution in [0.5, 0.6) is 0 Å². The van der Waals surface area contributed by atoms with Crippen LogP contribution in [0.15, 0.2) is 83.5 Å². The summed E-state index contributed by atoms with van der Waals surface area (Å²) in [5.41, 5.74) is 6.32. The summed E-state index contributed by atoms with van der Waals surface area (Å²) >= 11 is 0. The predicted molar refractivity (Wildman–Crippen MR) is 184 cm³/mol. The second-order valence-electron chi connectivity index (χ2n) is 13.9. The molecule has 0 atom stereocenters. The molecule has 3 heterocycles. The molecule has 3 aromatic heterocycles. The molecule has 0 saturated heterocycles. The molecule has 0 fully saturated rings. The summed E-state index contributed by atoms with van der Waals surface area (Å²) in [6, 6.07) is 25.6. The molecule has 3 nitrogen and oxygen atoms in total. The second kappa shape index (κ2) is 14.1. The van der Waals surface area contributed by atoms with Crippen LogP contribution in [0.4, 0.5) is 8.78 Å². The van der Waals surface area contributed by atoms with Crippen molar-refractivity contribution >= 4 is 35.2 Å². The van der Waals surface area contributed by atoms with E-state index in [1.807, 2.05) is 18.2 Å². The van der Waals surface area contributed by atoms with Gasteiger partial charge in [-0.3, -0.25) is 0 Å². The number of nitrogens with zero attached hydrogens (tertiary/aromatic N) is 2. The van der Waals surface area contributed by atoms with E-state index in [0.29, 0.717) is 22.2 Å². The maximum absolute atomic E-state index is 14.2. The van der Waals surface area contributed by atoms with Gasteiger partial charge in [-0.25, -0.2) is 8.78 Å². The fraction of sp³-hybridized carbons (Fsp3) is 0.282. The van der Waals surface area contributed by atoms with Crippen molar-refractivity contribution in [3.05, 3.63) is 114 Å². The normalized spacial score (nSPS) is 12.3. The molecule has 0 spiro atoms. The van der Waals surface area contributed by atoms with Crippen molar-refractivity contribution < 1.29 is 34.7 Å². The van der Waals surface area contributed by atoms with Crippen molar-refractivity contribution in [2.75, 3.05) is 0 Å². The van der Waals surface area contributed by atoms with Crippen LogP contribution < -0.4 is 5.19 Å². The Hall–Kier alpha value is -3.51. The van der Waals surface area contributed by atoms with Gasteiger partial charge in [0.1, 0.15) is 17.2 Å². The maximum Gasteiger partial charge on any atom is 0.136 e. The van der Waals surface area contributed by atoms with Gasteiger partial charge in [0.2, 0.25) is 0 Å². The molecule has 0 N–H and O–H groups in total. The van der Waals surface area contributed by atoms with E-state index in [4.69, 9.17) is 10.8 Å². The number of fused-ring (bicyclic) bond motifs is 3. The van der Waals surface area contributed by atoms with Crippen molar-refractivity contribution in [3.63, 3.8) is 0 Å². The van der Waals surface area contributed by atoms with Gasteiger partial charge in [0.05, 0.1) is 13.7 Å². The summed E-state index contributed by atoms with van der Waals surface area (Å²) in [5, 5.41) is 2.26. The first-order chi connectivity index (χ1) is 21.5. The number of hydrogen-bond donors (Lipinski definition) is 0. The molecule has 0 unspecified atom stereocenters. The number of furan rings is 1. The summed E-state index contributed by atoms with van der Waals surface area (Å²) in [4.78, 5) is 9.05. The molecule has 0 aliphatic carbocycles. The van der Waals surface area contributed by atoms with Crippen LogP contribution in [0.1, 0.15) is 53.0 Å². The Morgan fingerprint density at radius 2 is 1.70 bits per heavy atom. The van der Waals surface area contributed by atoms with Crippen LogP contribution in [0.2, 0.25) is 19.6 Å². The van der Waals surface area contributed by atoms with E-state index in [0.717, 1.165) is 29.3 Å². The van der Waals surface area contributed by atoms with E-state index < -0.39 is 25.6 Å². The van der Waals surface area contributed by atoms with Gasteiger partial charge in [-0.2, -0.15) is 0 Å². The molecular formula is C39H40F2IrN2OSi-2. The minimum absolute atomic E-state index is 0. The van der Waals surface area contributed by atoms with Gasteiger partial charge in [-0.1, -0.05) is 88.5 Å². The zero-order chi connectivity index (χ0) is 33.4. The largest absolute Gasteiger partial charge is 0.500 e. The van der Waals surface area contributed by atoms with Crippen molar-refractivity contribution in [2.24, 2.45) is 5.41 Å². The van der Waals surface area contributed by atoms with E-state index >= 15 is 0 Å². The van der Waals surface area contributed by atoms with Gasteiger partial charge < -0.3 is 14.4 Å². The SMILES string of the molecule is CC(C)(C)Cc1cc(-c2[c-]cccc2)ncc1[Si](C)(C)C.[2H]C(C)(C)c1ccnc(-c2[c-]ccc3c2oc2cc(F)cc(F)c23)c1.[Ir]. The standard InChI is InChI=1S/C20H14F2NO.C19H26NSi.Ir/c1-11(2)12-6-7-23-17(8-12)14-4-3-5-15-19-16(22)9-13(21)10-18(19)24-20(14)15;1-19(2,3)13-16-12-17(15-10-8-7-9-11-15)20-14-18(16)21(4,5)6;/h3,5-11H,1-2H3;7-10,12,14H,13H2,1-6H3;/q2*-1;/i11D;;. The third-order valence-corrected chi connectivity index (χ3v) is 9.61. The molecule has 7 heteroatoms. The van der Waals surface area contributed by atoms with Crippen LogP contribution in [0.25, 0.3) is 44.5 Å². The van der Waals surface area contributed by atoms with Gasteiger partial charge in [-0.15, -0.1) is 54.1 Å². The van der Waals surface area contributed by atoms with Gasteiger partial charge in [0.15, 0.2) is 0 Å². The number of benzene rings is 3. The molecule has 3 aromatic carbocycles.